The van der Waals surface area contributed by atoms with Crippen LogP contribution in [0.1, 0.15) is 36.1 Å². The largest absolute Gasteiger partial charge is 0.467 e. The smallest absolute Gasteiger partial charge is 0.325 e. The molecular formula is C19H20N2O2. The molecule has 0 saturated carbocycles. The number of aryl methyl sites for hydroxylation is 2. The molecule has 0 radical (unpaired) electrons. The predicted octanol–water partition coefficient (Wildman–Crippen LogP) is 4.07. The van der Waals surface area contributed by atoms with E-state index in [0.717, 1.165) is 29.0 Å². The molecule has 2 aliphatic heterocycles. The van der Waals surface area contributed by atoms with Crippen molar-refractivity contribution < 1.29 is 9.53 Å². The molecule has 2 amide bonds. The molecule has 2 bridgehead atoms. The number of nitrogens with zero attached hydrogens (tertiary/aromatic N) is 1. The first-order chi connectivity index (χ1) is 11.0. The second-order valence-electron chi connectivity index (χ2n) is 6.70. The zero-order chi connectivity index (χ0) is 16.2. The number of nitrogens with one attached hydrogen (secondary N) is 1. The highest BCUT2D eigenvalue weighted by molar-refractivity contribution is 5.95. The normalized spacial score (nSPS) is 25.4. The molecule has 4 heteroatoms. The fourth-order valence-electron chi connectivity index (χ4n) is 3.65. The monoisotopic (exact) mass is 308 g/mol. The van der Waals surface area contributed by atoms with Gasteiger partial charge in [-0.15, -0.1) is 0 Å². The minimum Gasteiger partial charge on any atom is -0.467 e. The van der Waals surface area contributed by atoms with Gasteiger partial charge in [-0.1, -0.05) is 29.8 Å². The van der Waals surface area contributed by atoms with Crippen molar-refractivity contribution in [1.29, 1.82) is 0 Å². The average molecular weight is 308 g/mol. The molecule has 2 heterocycles. The van der Waals surface area contributed by atoms with Crippen molar-refractivity contribution in [3.05, 3.63) is 59.2 Å². The molecule has 1 N–H and O–H groups in total. The predicted molar refractivity (Wildman–Crippen MR) is 89.8 cm³/mol. The Bertz CT molecular complexity index is 802. The Morgan fingerprint density at radius 1 is 1.17 bits per heavy atom. The van der Waals surface area contributed by atoms with E-state index in [1.807, 2.05) is 50.2 Å². The summed E-state index contributed by atoms with van der Waals surface area (Å²) in [5.74, 6) is 0.854. The van der Waals surface area contributed by atoms with Crippen LogP contribution in [-0.4, -0.2) is 11.8 Å². The zero-order valence-electron chi connectivity index (χ0n) is 13.6. The van der Waals surface area contributed by atoms with Gasteiger partial charge in [0, 0.05) is 17.7 Å². The SMILES string of the molecule is Cc1cccc(N2C(=O)N[C@H]3C[C@]2(C)Oc2ccc(C)cc23)c1. The van der Waals surface area contributed by atoms with Crippen LogP contribution in [0.4, 0.5) is 10.5 Å². The van der Waals surface area contributed by atoms with Gasteiger partial charge in [-0.3, -0.25) is 4.90 Å². The Hall–Kier alpha value is -2.49. The molecule has 1 fully saturated rings. The number of carbonyl (C=O) groups excluding carboxylic acids is 1. The Balaban J connectivity index is 1.81. The lowest BCUT2D eigenvalue weighted by atomic mass is 9.89. The van der Waals surface area contributed by atoms with Crippen molar-refractivity contribution in [3.8, 4) is 5.75 Å². The van der Waals surface area contributed by atoms with Crippen molar-refractivity contribution >= 4 is 11.7 Å². The number of urea groups is 1. The van der Waals surface area contributed by atoms with Gasteiger partial charge in [-0.05, 0) is 44.5 Å². The van der Waals surface area contributed by atoms with Gasteiger partial charge in [0.05, 0.1) is 6.04 Å². The van der Waals surface area contributed by atoms with Crippen LogP contribution in [0.5, 0.6) is 5.75 Å². The third kappa shape index (κ3) is 2.17. The molecule has 0 unspecified atom stereocenters. The summed E-state index contributed by atoms with van der Waals surface area (Å²) < 4.78 is 6.29. The van der Waals surface area contributed by atoms with Crippen LogP contribution in [0.15, 0.2) is 42.5 Å². The minimum atomic E-state index is -0.678. The number of benzene rings is 2. The first kappa shape index (κ1) is 14.1. The van der Waals surface area contributed by atoms with E-state index in [2.05, 4.69) is 18.3 Å². The maximum absolute atomic E-state index is 12.8. The third-order valence-corrected chi connectivity index (χ3v) is 4.69. The van der Waals surface area contributed by atoms with Crippen molar-refractivity contribution in [1.82, 2.24) is 5.32 Å². The van der Waals surface area contributed by atoms with E-state index in [4.69, 9.17) is 4.74 Å². The van der Waals surface area contributed by atoms with E-state index >= 15 is 0 Å². The van der Waals surface area contributed by atoms with Gasteiger partial charge in [0.2, 0.25) is 0 Å². The molecule has 4 rings (SSSR count). The van der Waals surface area contributed by atoms with E-state index in [1.54, 1.807) is 4.90 Å². The minimum absolute atomic E-state index is 0.00258. The number of ether oxygens (including phenoxy) is 1. The molecule has 0 aromatic heterocycles. The molecule has 2 atom stereocenters. The first-order valence-electron chi connectivity index (χ1n) is 7.93. The highest BCUT2D eigenvalue weighted by Gasteiger charge is 2.49. The molecule has 2 aromatic rings. The van der Waals surface area contributed by atoms with Crippen LogP contribution in [-0.2, 0) is 0 Å². The second kappa shape index (κ2) is 4.75. The van der Waals surface area contributed by atoms with Crippen LogP contribution >= 0.6 is 0 Å². The Labute approximate surface area is 136 Å². The van der Waals surface area contributed by atoms with Gasteiger partial charge < -0.3 is 10.1 Å². The Morgan fingerprint density at radius 2 is 1.96 bits per heavy atom. The standard InChI is InChI=1S/C19H20N2O2/c1-12-5-4-6-14(9-12)21-18(22)20-16-11-19(21,3)23-17-8-7-13(2)10-15(16)17/h4-10,16H,11H2,1-3H3,(H,20,22)/t16-,19-/m0/s1. The van der Waals surface area contributed by atoms with Crippen LogP contribution in [0.2, 0.25) is 0 Å². The number of amides is 2. The highest BCUT2D eigenvalue weighted by Crippen LogP contribution is 2.45. The highest BCUT2D eigenvalue weighted by atomic mass is 16.5. The Morgan fingerprint density at radius 3 is 2.74 bits per heavy atom. The van der Waals surface area contributed by atoms with Gasteiger partial charge in [0.15, 0.2) is 5.72 Å². The topological polar surface area (TPSA) is 41.6 Å². The van der Waals surface area contributed by atoms with Gasteiger partial charge in [-0.2, -0.15) is 0 Å². The molecule has 23 heavy (non-hydrogen) atoms. The number of rotatable bonds is 1. The van der Waals surface area contributed by atoms with Crippen LogP contribution in [0.25, 0.3) is 0 Å². The summed E-state index contributed by atoms with van der Waals surface area (Å²) in [7, 11) is 0. The molecule has 1 saturated heterocycles. The lowest BCUT2D eigenvalue weighted by Crippen LogP contribution is -2.65. The second-order valence-corrected chi connectivity index (χ2v) is 6.70. The molecular weight excluding hydrogens is 288 g/mol. The number of fused-ring (bicyclic) bond motifs is 4. The lowest BCUT2D eigenvalue weighted by molar-refractivity contribution is 0.0378. The molecule has 2 aromatic carbocycles. The molecule has 4 nitrogen and oxygen atoms in total. The number of hydrogen-bond donors (Lipinski definition) is 1. The summed E-state index contributed by atoms with van der Waals surface area (Å²) in [6.45, 7) is 6.07. The van der Waals surface area contributed by atoms with E-state index in [1.165, 1.54) is 5.56 Å². The summed E-state index contributed by atoms with van der Waals surface area (Å²) in [5, 5.41) is 3.13. The quantitative estimate of drug-likeness (QED) is 0.862. The number of hydrogen-bond acceptors (Lipinski definition) is 2. The fraction of sp³-hybridized carbons (Fsp3) is 0.316. The van der Waals surface area contributed by atoms with Gasteiger partial charge in [0.1, 0.15) is 5.75 Å². The van der Waals surface area contributed by atoms with Crippen molar-refractivity contribution in [2.24, 2.45) is 0 Å². The van der Waals surface area contributed by atoms with Gasteiger partial charge in [0.25, 0.3) is 0 Å². The summed E-state index contributed by atoms with van der Waals surface area (Å²) in [6.07, 6.45) is 0.725. The zero-order valence-corrected chi connectivity index (χ0v) is 13.6. The van der Waals surface area contributed by atoms with Crippen LogP contribution in [0.3, 0.4) is 0 Å². The average Bonchev–Trinajstić information content (AvgIpc) is 2.47. The Kier molecular flexibility index (Phi) is 2.92. The van der Waals surface area contributed by atoms with Gasteiger partial charge >= 0.3 is 6.03 Å². The van der Waals surface area contributed by atoms with E-state index in [9.17, 15) is 4.79 Å². The van der Waals surface area contributed by atoms with E-state index < -0.39 is 5.72 Å². The molecule has 0 aliphatic carbocycles. The van der Waals surface area contributed by atoms with Crippen LogP contribution < -0.4 is 15.0 Å². The fourth-order valence-corrected chi connectivity index (χ4v) is 3.65. The molecule has 0 spiro atoms. The summed E-state index contributed by atoms with van der Waals surface area (Å²) in [5.41, 5.74) is 3.54. The summed E-state index contributed by atoms with van der Waals surface area (Å²) >= 11 is 0. The number of anilines is 1. The third-order valence-electron chi connectivity index (χ3n) is 4.69. The maximum Gasteiger partial charge on any atom is 0.325 e. The molecule has 118 valence electrons. The maximum atomic E-state index is 12.8. The van der Waals surface area contributed by atoms with Gasteiger partial charge in [-0.25, -0.2) is 4.79 Å². The van der Waals surface area contributed by atoms with Crippen LogP contribution in [0, 0.1) is 13.8 Å². The van der Waals surface area contributed by atoms with Crippen molar-refractivity contribution in [2.75, 3.05) is 4.90 Å². The lowest BCUT2D eigenvalue weighted by Gasteiger charge is -2.50. The summed E-state index contributed by atoms with van der Waals surface area (Å²) in [4.78, 5) is 14.5. The van der Waals surface area contributed by atoms with E-state index in [-0.39, 0.29) is 12.1 Å². The van der Waals surface area contributed by atoms with Crippen molar-refractivity contribution in [2.45, 2.75) is 39.0 Å². The molecule has 2 aliphatic rings. The van der Waals surface area contributed by atoms with E-state index in [0.29, 0.717) is 0 Å². The van der Waals surface area contributed by atoms with Crippen molar-refractivity contribution in [3.63, 3.8) is 0 Å². The summed E-state index contributed by atoms with van der Waals surface area (Å²) in [6, 6.07) is 14.0. The first-order valence-corrected chi connectivity index (χ1v) is 7.93. The number of carbonyl (C=O) groups is 1.